The minimum absolute atomic E-state index is 0.342. The molecule has 16 heavy (non-hydrogen) atoms. The first kappa shape index (κ1) is 12.0. The fourth-order valence-electron chi connectivity index (χ4n) is 1.08. The Hall–Kier alpha value is -2.09. The first-order valence-electron chi connectivity index (χ1n) is 4.98. The summed E-state index contributed by atoms with van der Waals surface area (Å²) in [7, 11) is 1.37. The molecule has 1 rings (SSSR count). The third-order valence-corrected chi connectivity index (χ3v) is 1.86. The van der Waals surface area contributed by atoms with Gasteiger partial charge in [-0.15, -0.1) is 0 Å². The number of carbonyl (C=O) groups excluding carboxylic acids is 1. The van der Waals surface area contributed by atoms with Crippen molar-refractivity contribution in [3.05, 3.63) is 72.4 Å². The van der Waals surface area contributed by atoms with Crippen LogP contribution in [0.4, 0.5) is 0 Å². The number of methoxy groups -OCH3 is 1. The molecule has 0 aromatic heterocycles. The Balaban J connectivity index is 2.92. The SMILES string of the molecule is COC(=O)C1=CC=CC=CC=CC=CC=C1. The van der Waals surface area contributed by atoms with E-state index in [1.165, 1.54) is 7.11 Å². The summed E-state index contributed by atoms with van der Waals surface area (Å²) in [6, 6.07) is 0. The molecule has 82 valence electrons. The summed E-state index contributed by atoms with van der Waals surface area (Å²) in [5.74, 6) is -0.342. The average Bonchev–Trinajstić information content (AvgIpc) is 2.29. The topological polar surface area (TPSA) is 26.3 Å². The van der Waals surface area contributed by atoms with Crippen LogP contribution in [0.5, 0.6) is 0 Å². The normalized spacial score (nSPS) is 15.2. The van der Waals surface area contributed by atoms with Gasteiger partial charge in [0, 0.05) is 0 Å². The zero-order chi connectivity index (χ0) is 11.6. The maximum atomic E-state index is 11.4. The van der Waals surface area contributed by atoms with E-state index in [1.54, 1.807) is 24.3 Å². The third kappa shape index (κ3) is 4.42. The molecule has 0 fully saturated rings. The molecule has 0 saturated carbocycles. The zero-order valence-corrected chi connectivity index (χ0v) is 9.17. The molecular formula is C14H14O2. The quantitative estimate of drug-likeness (QED) is 0.627. The van der Waals surface area contributed by atoms with Crippen LogP contribution in [0.1, 0.15) is 0 Å². The fraction of sp³-hybridized carbons (Fsp3) is 0.0714. The van der Waals surface area contributed by atoms with Crippen LogP contribution in [0.25, 0.3) is 0 Å². The second-order valence-corrected chi connectivity index (χ2v) is 3.01. The van der Waals surface area contributed by atoms with Crippen LogP contribution in [0.2, 0.25) is 0 Å². The molecule has 0 N–H and O–H groups in total. The fourth-order valence-corrected chi connectivity index (χ4v) is 1.08. The van der Waals surface area contributed by atoms with E-state index >= 15 is 0 Å². The van der Waals surface area contributed by atoms with E-state index in [2.05, 4.69) is 4.74 Å². The van der Waals surface area contributed by atoms with Crippen LogP contribution < -0.4 is 0 Å². The van der Waals surface area contributed by atoms with Crippen LogP contribution in [0.3, 0.4) is 0 Å². The molecule has 0 saturated heterocycles. The predicted octanol–water partition coefficient (Wildman–Crippen LogP) is 2.88. The molecular weight excluding hydrogens is 200 g/mol. The number of ether oxygens (including phenoxy) is 1. The van der Waals surface area contributed by atoms with Crippen LogP contribution in [-0.4, -0.2) is 13.1 Å². The lowest BCUT2D eigenvalue weighted by atomic mass is 10.2. The summed E-state index contributed by atoms with van der Waals surface area (Å²) < 4.78 is 4.67. The summed E-state index contributed by atoms with van der Waals surface area (Å²) in [6.07, 6.45) is 20.3. The highest BCUT2D eigenvalue weighted by Crippen LogP contribution is 2.01. The Labute approximate surface area is 95.6 Å². The van der Waals surface area contributed by atoms with E-state index < -0.39 is 0 Å². The Morgan fingerprint density at radius 3 is 1.94 bits per heavy atom. The van der Waals surface area contributed by atoms with Crippen molar-refractivity contribution in [2.45, 2.75) is 0 Å². The van der Waals surface area contributed by atoms with Gasteiger partial charge in [0.15, 0.2) is 0 Å². The largest absolute Gasteiger partial charge is 0.465 e. The summed E-state index contributed by atoms with van der Waals surface area (Å²) in [5, 5.41) is 0. The molecule has 0 bridgehead atoms. The van der Waals surface area contributed by atoms with Gasteiger partial charge in [-0.3, -0.25) is 0 Å². The second kappa shape index (κ2) is 7.23. The number of rotatable bonds is 1. The molecule has 1 aliphatic rings. The first-order chi connectivity index (χ1) is 7.84. The summed E-state index contributed by atoms with van der Waals surface area (Å²) in [6.45, 7) is 0. The molecule has 0 atom stereocenters. The Kier molecular flexibility index (Phi) is 5.42. The minimum atomic E-state index is -0.342. The van der Waals surface area contributed by atoms with Gasteiger partial charge in [-0.1, -0.05) is 54.7 Å². The highest BCUT2D eigenvalue weighted by Gasteiger charge is 2.03. The molecule has 2 heteroatoms. The summed E-state index contributed by atoms with van der Waals surface area (Å²) in [5.41, 5.74) is 0.515. The van der Waals surface area contributed by atoms with Gasteiger partial charge >= 0.3 is 5.97 Å². The monoisotopic (exact) mass is 214 g/mol. The molecule has 0 radical (unpaired) electrons. The van der Waals surface area contributed by atoms with Gasteiger partial charge in [-0.05, 0) is 12.2 Å². The Morgan fingerprint density at radius 2 is 1.38 bits per heavy atom. The minimum Gasteiger partial charge on any atom is -0.465 e. The van der Waals surface area contributed by atoms with Crippen molar-refractivity contribution in [1.82, 2.24) is 0 Å². The molecule has 0 unspecified atom stereocenters. The summed E-state index contributed by atoms with van der Waals surface area (Å²) >= 11 is 0. The van der Waals surface area contributed by atoms with E-state index in [4.69, 9.17) is 0 Å². The van der Waals surface area contributed by atoms with Crippen molar-refractivity contribution >= 4 is 5.97 Å². The molecule has 0 heterocycles. The number of hydrogen-bond donors (Lipinski definition) is 0. The van der Waals surface area contributed by atoms with Crippen molar-refractivity contribution in [1.29, 1.82) is 0 Å². The van der Waals surface area contributed by atoms with Crippen molar-refractivity contribution in [2.24, 2.45) is 0 Å². The predicted molar refractivity (Wildman–Crippen MR) is 65.8 cm³/mol. The van der Waals surface area contributed by atoms with E-state index in [1.807, 2.05) is 42.5 Å². The second-order valence-electron chi connectivity index (χ2n) is 3.01. The lowest BCUT2D eigenvalue weighted by Crippen LogP contribution is -2.01. The van der Waals surface area contributed by atoms with Gasteiger partial charge in [0.2, 0.25) is 0 Å². The van der Waals surface area contributed by atoms with Gasteiger partial charge in [-0.2, -0.15) is 0 Å². The lowest BCUT2D eigenvalue weighted by Gasteiger charge is -1.97. The van der Waals surface area contributed by atoms with E-state index in [0.29, 0.717) is 5.57 Å². The third-order valence-electron chi connectivity index (χ3n) is 1.86. The zero-order valence-electron chi connectivity index (χ0n) is 9.17. The van der Waals surface area contributed by atoms with E-state index in [9.17, 15) is 4.79 Å². The van der Waals surface area contributed by atoms with Crippen LogP contribution in [-0.2, 0) is 9.53 Å². The Morgan fingerprint density at radius 1 is 0.875 bits per heavy atom. The standard InChI is InChI=1S/C14H14O2/c1-16-14(15)13-11-9-7-5-3-2-4-6-8-10-12-13/h2-12H,1H3. The van der Waals surface area contributed by atoms with Crippen LogP contribution in [0.15, 0.2) is 72.4 Å². The average molecular weight is 214 g/mol. The van der Waals surface area contributed by atoms with E-state index in [0.717, 1.165) is 0 Å². The number of hydrogen-bond acceptors (Lipinski definition) is 2. The van der Waals surface area contributed by atoms with E-state index in [-0.39, 0.29) is 5.97 Å². The number of esters is 1. The van der Waals surface area contributed by atoms with Crippen molar-refractivity contribution < 1.29 is 9.53 Å². The molecule has 0 spiro atoms. The van der Waals surface area contributed by atoms with Gasteiger partial charge in [0.25, 0.3) is 0 Å². The first-order valence-corrected chi connectivity index (χ1v) is 4.98. The van der Waals surface area contributed by atoms with Crippen molar-refractivity contribution in [2.75, 3.05) is 7.11 Å². The Bertz CT molecular complexity index is 404. The molecule has 0 aromatic carbocycles. The lowest BCUT2D eigenvalue weighted by molar-refractivity contribution is -0.135. The summed E-state index contributed by atoms with van der Waals surface area (Å²) in [4.78, 5) is 11.4. The van der Waals surface area contributed by atoms with Gasteiger partial charge < -0.3 is 4.74 Å². The highest BCUT2D eigenvalue weighted by atomic mass is 16.5. The maximum absolute atomic E-state index is 11.4. The van der Waals surface area contributed by atoms with Crippen molar-refractivity contribution in [3.63, 3.8) is 0 Å². The molecule has 0 amide bonds. The molecule has 1 aliphatic carbocycles. The smallest absolute Gasteiger partial charge is 0.337 e. The van der Waals surface area contributed by atoms with Crippen LogP contribution >= 0.6 is 0 Å². The van der Waals surface area contributed by atoms with Crippen molar-refractivity contribution in [3.8, 4) is 0 Å². The highest BCUT2D eigenvalue weighted by molar-refractivity contribution is 5.91. The van der Waals surface area contributed by atoms with Gasteiger partial charge in [0.1, 0.15) is 0 Å². The number of carbonyl (C=O) groups is 1. The molecule has 2 nitrogen and oxygen atoms in total. The van der Waals surface area contributed by atoms with Gasteiger partial charge in [0.05, 0.1) is 12.7 Å². The van der Waals surface area contributed by atoms with Gasteiger partial charge in [-0.25, -0.2) is 4.79 Å². The molecule has 0 aliphatic heterocycles. The number of allylic oxidation sites excluding steroid dienone is 10. The van der Waals surface area contributed by atoms with Crippen LogP contribution in [0, 0.1) is 0 Å². The molecule has 0 aromatic rings. The maximum Gasteiger partial charge on any atom is 0.337 e.